The molecule has 1 unspecified atom stereocenters. The Morgan fingerprint density at radius 2 is 2.00 bits per heavy atom. The predicted octanol–water partition coefficient (Wildman–Crippen LogP) is 1.42. The van der Waals surface area contributed by atoms with Crippen molar-refractivity contribution in [1.82, 2.24) is 4.90 Å². The number of hydrogen-bond acceptors (Lipinski definition) is 3. The zero-order chi connectivity index (χ0) is 9.68. The molecule has 0 radical (unpaired) electrons. The van der Waals surface area contributed by atoms with Gasteiger partial charge in [0.05, 0.1) is 6.61 Å². The molecule has 0 bridgehead atoms. The van der Waals surface area contributed by atoms with Gasteiger partial charge in [0.1, 0.15) is 6.04 Å². The smallest absolute Gasteiger partial charge is 0.323 e. The molecular weight excluding hydrogens is 166 g/mol. The summed E-state index contributed by atoms with van der Waals surface area (Å²) in [5, 5.41) is 0. The Morgan fingerprint density at radius 3 is 2.46 bits per heavy atom. The molecule has 0 aromatic carbocycles. The number of hydrogen-bond donors (Lipinski definition) is 0. The van der Waals surface area contributed by atoms with Crippen molar-refractivity contribution in [2.24, 2.45) is 0 Å². The van der Waals surface area contributed by atoms with Crippen molar-refractivity contribution in [2.45, 2.75) is 39.2 Å². The van der Waals surface area contributed by atoms with E-state index in [1.54, 1.807) is 0 Å². The van der Waals surface area contributed by atoms with Crippen LogP contribution in [-0.2, 0) is 9.53 Å². The Kier molecular flexibility index (Phi) is 4.22. The van der Waals surface area contributed by atoms with Gasteiger partial charge in [-0.2, -0.15) is 0 Å². The molecule has 1 atom stereocenters. The molecular formula is C10H19NO2. The average Bonchev–Trinajstić information content (AvgIpc) is 2.59. The summed E-state index contributed by atoms with van der Waals surface area (Å²) in [6.45, 7) is 6.49. The summed E-state index contributed by atoms with van der Waals surface area (Å²) >= 11 is 0. The van der Waals surface area contributed by atoms with E-state index in [0.717, 1.165) is 19.5 Å². The number of esters is 1. The van der Waals surface area contributed by atoms with Crippen molar-refractivity contribution in [3.8, 4) is 0 Å². The molecule has 1 aliphatic heterocycles. The first-order valence-electron chi connectivity index (χ1n) is 5.20. The minimum atomic E-state index is -0.0492. The van der Waals surface area contributed by atoms with Crippen LogP contribution in [0, 0.1) is 0 Å². The third-order valence-electron chi connectivity index (χ3n) is 2.53. The van der Waals surface area contributed by atoms with Gasteiger partial charge in [-0.05, 0) is 39.3 Å². The van der Waals surface area contributed by atoms with Gasteiger partial charge in [0.2, 0.25) is 0 Å². The summed E-state index contributed by atoms with van der Waals surface area (Å²) in [7, 11) is 0. The van der Waals surface area contributed by atoms with Crippen LogP contribution in [0.3, 0.4) is 0 Å². The van der Waals surface area contributed by atoms with Crippen LogP contribution in [-0.4, -0.2) is 36.6 Å². The standard InChI is InChI=1S/C10H19NO2/c1-3-9(10(12)13-4-2)11-7-5-6-8-11/h9H,3-8H2,1-2H3. The number of likely N-dealkylation sites (tertiary alicyclic amines) is 1. The van der Waals surface area contributed by atoms with Crippen LogP contribution < -0.4 is 0 Å². The van der Waals surface area contributed by atoms with Gasteiger partial charge < -0.3 is 4.74 Å². The Hall–Kier alpha value is -0.570. The van der Waals surface area contributed by atoms with E-state index >= 15 is 0 Å². The lowest BCUT2D eigenvalue weighted by molar-refractivity contribution is -0.149. The maximum absolute atomic E-state index is 11.5. The van der Waals surface area contributed by atoms with Crippen LogP contribution in [0.1, 0.15) is 33.1 Å². The van der Waals surface area contributed by atoms with Crippen molar-refractivity contribution in [3.05, 3.63) is 0 Å². The molecule has 0 aromatic rings. The van der Waals surface area contributed by atoms with Gasteiger partial charge in [-0.25, -0.2) is 0 Å². The molecule has 0 spiro atoms. The monoisotopic (exact) mass is 185 g/mol. The molecule has 1 fully saturated rings. The SMILES string of the molecule is CCOC(=O)C(CC)N1CCCC1. The highest BCUT2D eigenvalue weighted by atomic mass is 16.5. The first-order valence-corrected chi connectivity index (χ1v) is 5.20. The molecule has 0 aromatic heterocycles. The normalized spacial score (nSPS) is 20.2. The second-order valence-corrected chi connectivity index (χ2v) is 3.42. The fourth-order valence-electron chi connectivity index (χ4n) is 1.87. The first kappa shape index (κ1) is 10.5. The number of rotatable bonds is 4. The molecule has 1 saturated heterocycles. The second kappa shape index (κ2) is 5.22. The van der Waals surface area contributed by atoms with Crippen LogP contribution in [0.25, 0.3) is 0 Å². The zero-order valence-electron chi connectivity index (χ0n) is 8.58. The predicted molar refractivity (Wildman–Crippen MR) is 51.5 cm³/mol. The molecule has 0 N–H and O–H groups in total. The third-order valence-corrected chi connectivity index (χ3v) is 2.53. The molecule has 1 aliphatic rings. The summed E-state index contributed by atoms with van der Waals surface area (Å²) in [5.74, 6) is -0.0492. The van der Waals surface area contributed by atoms with Crippen LogP contribution in [0.4, 0.5) is 0 Å². The highest BCUT2D eigenvalue weighted by Gasteiger charge is 2.27. The number of carbonyl (C=O) groups excluding carboxylic acids is 1. The maximum Gasteiger partial charge on any atom is 0.323 e. The summed E-state index contributed by atoms with van der Waals surface area (Å²) in [6, 6.07) is 0.00227. The Morgan fingerprint density at radius 1 is 1.38 bits per heavy atom. The minimum Gasteiger partial charge on any atom is -0.465 e. The van der Waals surface area contributed by atoms with Crippen molar-refractivity contribution in [2.75, 3.05) is 19.7 Å². The molecule has 0 amide bonds. The van der Waals surface area contributed by atoms with E-state index in [2.05, 4.69) is 4.90 Å². The Bertz CT molecular complexity index is 164. The average molecular weight is 185 g/mol. The Labute approximate surface area is 80.1 Å². The van der Waals surface area contributed by atoms with Gasteiger partial charge in [-0.15, -0.1) is 0 Å². The van der Waals surface area contributed by atoms with Gasteiger partial charge in [0, 0.05) is 0 Å². The van der Waals surface area contributed by atoms with Crippen LogP contribution in [0.2, 0.25) is 0 Å². The van der Waals surface area contributed by atoms with Crippen LogP contribution in [0.15, 0.2) is 0 Å². The summed E-state index contributed by atoms with van der Waals surface area (Å²) in [6.07, 6.45) is 3.30. The molecule has 1 heterocycles. The van der Waals surface area contributed by atoms with Crippen molar-refractivity contribution in [1.29, 1.82) is 0 Å². The summed E-state index contributed by atoms with van der Waals surface area (Å²) in [4.78, 5) is 13.7. The molecule has 3 nitrogen and oxygen atoms in total. The van der Waals surface area contributed by atoms with Crippen LogP contribution in [0.5, 0.6) is 0 Å². The number of nitrogens with zero attached hydrogens (tertiary/aromatic N) is 1. The highest BCUT2D eigenvalue weighted by molar-refractivity contribution is 5.75. The second-order valence-electron chi connectivity index (χ2n) is 3.42. The van der Waals surface area contributed by atoms with Gasteiger partial charge in [0.15, 0.2) is 0 Å². The van der Waals surface area contributed by atoms with E-state index in [-0.39, 0.29) is 12.0 Å². The van der Waals surface area contributed by atoms with E-state index in [9.17, 15) is 4.79 Å². The van der Waals surface area contributed by atoms with Gasteiger partial charge in [-0.1, -0.05) is 6.92 Å². The van der Waals surface area contributed by atoms with Crippen molar-refractivity contribution in [3.63, 3.8) is 0 Å². The van der Waals surface area contributed by atoms with E-state index in [1.165, 1.54) is 12.8 Å². The first-order chi connectivity index (χ1) is 6.29. The van der Waals surface area contributed by atoms with E-state index < -0.39 is 0 Å². The lowest BCUT2D eigenvalue weighted by Gasteiger charge is -2.24. The van der Waals surface area contributed by atoms with E-state index in [1.807, 2.05) is 13.8 Å². The van der Waals surface area contributed by atoms with Gasteiger partial charge in [-0.3, -0.25) is 9.69 Å². The largest absolute Gasteiger partial charge is 0.465 e. The number of ether oxygens (including phenoxy) is 1. The summed E-state index contributed by atoms with van der Waals surface area (Å²) < 4.78 is 5.03. The molecule has 76 valence electrons. The molecule has 13 heavy (non-hydrogen) atoms. The van der Waals surface area contributed by atoms with Crippen molar-refractivity contribution >= 4 is 5.97 Å². The molecule has 1 rings (SSSR count). The fraction of sp³-hybridized carbons (Fsp3) is 0.900. The zero-order valence-corrected chi connectivity index (χ0v) is 8.58. The maximum atomic E-state index is 11.5. The summed E-state index contributed by atoms with van der Waals surface area (Å²) in [5.41, 5.74) is 0. The fourth-order valence-corrected chi connectivity index (χ4v) is 1.87. The Balaban J connectivity index is 2.44. The molecule has 3 heteroatoms. The third kappa shape index (κ3) is 2.69. The molecule has 0 saturated carbocycles. The van der Waals surface area contributed by atoms with Crippen molar-refractivity contribution < 1.29 is 9.53 Å². The van der Waals surface area contributed by atoms with Gasteiger partial charge >= 0.3 is 5.97 Å². The quantitative estimate of drug-likeness (QED) is 0.620. The van der Waals surface area contributed by atoms with Gasteiger partial charge in [0.25, 0.3) is 0 Å². The number of carbonyl (C=O) groups is 1. The topological polar surface area (TPSA) is 29.5 Å². The van der Waals surface area contributed by atoms with E-state index in [0.29, 0.717) is 6.61 Å². The van der Waals surface area contributed by atoms with E-state index in [4.69, 9.17) is 4.74 Å². The van der Waals surface area contributed by atoms with Crippen LogP contribution >= 0.6 is 0 Å². The lowest BCUT2D eigenvalue weighted by Crippen LogP contribution is -2.39. The highest BCUT2D eigenvalue weighted by Crippen LogP contribution is 2.14. The lowest BCUT2D eigenvalue weighted by atomic mass is 10.2. The minimum absolute atomic E-state index is 0.00227. The molecule has 0 aliphatic carbocycles.